The van der Waals surface area contributed by atoms with Crippen LogP contribution in [0.4, 0.5) is 0 Å². The predicted octanol–water partition coefficient (Wildman–Crippen LogP) is 4.36. The monoisotopic (exact) mass is 437 g/mol. The molecule has 2 aliphatic rings. The molecular weight excluding hydrogens is 402 g/mol. The van der Waals surface area contributed by atoms with Crippen molar-refractivity contribution >= 4 is 5.91 Å². The molecule has 1 atom stereocenters. The van der Waals surface area contributed by atoms with Gasteiger partial charge in [-0.15, -0.1) is 0 Å². The molecule has 2 fully saturated rings. The third-order valence-electron chi connectivity index (χ3n) is 7.02. The minimum atomic E-state index is -0.0159. The van der Waals surface area contributed by atoms with Crippen LogP contribution in [-0.4, -0.2) is 43.1 Å². The second-order valence-corrected chi connectivity index (χ2v) is 9.01. The second-order valence-electron chi connectivity index (χ2n) is 9.01. The number of piperidine rings is 1. The molecule has 1 N–H and O–H groups in total. The van der Waals surface area contributed by atoms with Gasteiger partial charge < -0.3 is 14.8 Å². The van der Waals surface area contributed by atoms with Crippen molar-refractivity contribution < 1.29 is 14.3 Å². The minimum Gasteiger partial charge on any atom is -0.497 e. The highest BCUT2D eigenvalue weighted by Crippen LogP contribution is 2.33. The molecular formula is C26H35N3O3. The van der Waals surface area contributed by atoms with Gasteiger partial charge in [0, 0.05) is 24.2 Å². The Hall–Kier alpha value is -2.60. The summed E-state index contributed by atoms with van der Waals surface area (Å²) in [5.41, 5.74) is 2.12. The molecule has 172 valence electrons. The number of nitrogens with one attached hydrogen (secondary N) is 1. The number of amides is 1. The number of rotatable bonds is 8. The number of ether oxygens (including phenoxy) is 2. The Morgan fingerprint density at radius 2 is 1.88 bits per heavy atom. The number of likely N-dealkylation sites (tertiary alicyclic amines) is 1. The lowest BCUT2D eigenvalue weighted by molar-refractivity contribution is -0.126. The first kappa shape index (κ1) is 22.6. The van der Waals surface area contributed by atoms with Crippen molar-refractivity contribution in [2.45, 2.75) is 51.1 Å². The minimum absolute atomic E-state index is 0.0159. The molecule has 4 rings (SSSR count). The SMILES string of the molecule is COc1ccc(OC)c(CN2CCC([C@@H](NC(=O)C3CCCC3)c3ccccn3)CC2)c1. The summed E-state index contributed by atoms with van der Waals surface area (Å²) in [7, 11) is 3.40. The molecule has 0 bridgehead atoms. The van der Waals surface area contributed by atoms with Crippen molar-refractivity contribution in [1.82, 2.24) is 15.2 Å². The van der Waals surface area contributed by atoms with Crippen molar-refractivity contribution in [3.63, 3.8) is 0 Å². The lowest BCUT2D eigenvalue weighted by Gasteiger charge is -2.36. The highest BCUT2D eigenvalue weighted by atomic mass is 16.5. The number of carbonyl (C=O) groups excluding carboxylic acids is 1. The summed E-state index contributed by atoms with van der Waals surface area (Å²) < 4.78 is 11.0. The van der Waals surface area contributed by atoms with Gasteiger partial charge in [0.1, 0.15) is 11.5 Å². The second kappa shape index (κ2) is 10.8. The van der Waals surface area contributed by atoms with E-state index in [1.807, 2.05) is 36.5 Å². The molecule has 0 spiro atoms. The van der Waals surface area contributed by atoms with E-state index in [0.717, 1.165) is 68.1 Å². The predicted molar refractivity (Wildman–Crippen MR) is 125 cm³/mol. The number of hydrogen-bond donors (Lipinski definition) is 1. The number of nitrogens with zero attached hydrogens (tertiary/aromatic N) is 2. The van der Waals surface area contributed by atoms with Crippen LogP contribution < -0.4 is 14.8 Å². The molecule has 1 saturated carbocycles. The molecule has 1 aromatic carbocycles. The fourth-order valence-corrected chi connectivity index (χ4v) is 5.14. The summed E-state index contributed by atoms with van der Waals surface area (Å²) >= 11 is 0. The molecule has 0 unspecified atom stereocenters. The van der Waals surface area contributed by atoms with Gasteiger partial charge in [0.15, 0.2) is 0 Å². The largest absolute Gasteiger partial charge is 0.497 e. The highest BCUT2D eigenvalue weighted by molar-refractivity contribution is 5.79. The lowest BCUT2D eigenvalue weighted by Crippen LogP contribution is -2.42. The van der Waals surface area contributed by atoms with Gasteiger partial charge in [0.05, 0.1) is 26.0 Å². The van der Waals surface area contributed by atoms with E-state index in [2.05, 4.69) is 21.3 Å². The molecule has 2 heterocycles. The normalized spacial score (nSPS) is 18.9. The van der Waals surface area contributed by atoms with Crippen LogP contribution in [-0.2, 0) is 11.3 Å². The van der Waals surface area contributed by atoms with Crippen LogP contribution >= 0.6 is 0 Å². The van der Waals surface area contributed by atoms with E-state index < -0.39 is 0 Å². The van der Waals surface area contributed by atoms with E-state index in [0.29, 0.717) is 5.92 Å². The summed E-state index contributed by atoms with van der Waals surface area (Å²) in [4.78, 5) is 20.0. The van der Waals surface area contributed by atoms with Gasteiger partial charge >= 0.3 is 0 Å². The van der Waals surface area contributed by atoms with Gasteiger partial charge in [-0.2, -0.15) is 0 Å². The molecule has 1 aliphatic heterocycles. The summed E-state index contributed by atoms with van der Waals surface area (Å²) in [6.45, 7) is 2.79. The Labute approximate surface area is 191 Å². The Balaban J connectivity index is 1.41. The van der Waals surface area contributed by atoms with Crippen molar-refractivity contribution in [2.75, 3.05) is 27.3 Å². The van der Waals surface area contributed by atoms with E-state index >= 15 is 0 Å². The lowest BCUT2D eigenvalue weighted by atomic mass is 9.86. The molecule has 1 saturated heterocycles. The van der Waals surface area contributed by atoms with Gasteiger partial charge in [0.25, 0.3) is 0 Å². The van der Waals surface area contributed by atoms with Crippen LogP contribution in [0.2, 0.25) is 0 Å². The average Bonchev–Trinajstić information content (AvgIpc) is 3.39. The van der Waals surface area contributed by atoms with E-state index in [1.165, 1.54) is 12.8 Å². The third-order valence-corrected chi connectivity index (χ3v) is 7.02. The molecule has 2 aromatic rings. The van der Waals surface area contributed by atoms with Gasteiger partial charge in [-0.1, -0.05) is 18.9 Å². The molecule has 1 amide bonds. The van der Waals surface area contributed by atoms with Crippen molar-refractivity contribution in [1.29, 1.82) is 0 Å². The van der Waals surface area contributed by atoms with Crippen LogP contribution in [0.5, 0.6) is 11.5 Å². The first-order valence-corrected chi connectivity index (χ1v) is 11.8. The van der Waals surface area contributed by atoms with Crippen molar-refractivity contribution in [3.05, 3.63) is 53.9 Å². The average molecular weight is 438 g/mol. The first-order valence-electron chi connectivity index (χ1n) is 11.8. The maximum atomic E-state index is 12.9. The first-order chi connectivity index (χ1) is 15.7. The summed E-state index contributed by atoms with van der Waals surface area (Å²) in [6.07, 6.45) is 8.24. The number of hydrogen-bond acceptors (Lipinski definition) is 5. The fourth-order valence-electron chi connectivity index (χ4n) is 5.14. The van der Waals surface area contributed by atoms with Crippen molar-refractivity contribution in [2.24, 2.45) is 11.8 Å². The molecule has 32 heavy (non-hydrogen) atoms. The van der Waals surface area contributed by atoms with Gasteiger partial charge in [0.2, 0.25) is 5.91 Å². The van der Waals surface area contributed by atoms with E-state index in [9.17, 15) is 4.79 Å². The quantitative estimate of drug-likeness (QED) is 0.665. The van der Waals surface area contributed by atoms with Crippen LogP contribution in [0.1, 0.15) is 55.8 Å². The summed E-state index contributed by atoms with van der Waals surface area (Å²) in [5, 5.41) is 3.39. The zero-order valence-corrected chi connectivity index (χ0v) is 19.3. The fraction of sp³-hybridized carbons (Fsp3) is 0.538. The smallest absolute Gasteiger partial charge is 0.223 e. The topological polar surface area (TPSA) is 63.7 Å². The standard InChI is InChI=1S/C26H35N3O3/c1-31-22-10-11-24(32-2)21(17-22)18-29-15-12-19(13-16-29)25(23-9-5-6-14-27-23)28-26(30)20-7-3-4-8-20/h5-6,9-11,14,17,19-20,25H,3-4,7-8,12-13,15-16,18H2,1-2H3,(H,28,30)/t25-/m1/s1. The molecule has 6 heteroatoms. The van der Waals surface area contributed by atoms with Crippen LogP contribution in [0.15, 0.2) is 42.6 Å². The molecule has 6 nitrogen and oxygen atoms in total. The Kier molecular flexibility index (Phi) is 7.63. The van der Waals surface area contributed by atoms with Crippen LogP contribution in [0.3, 0.4) is 0 Å². The zero-order valence-electron chi connectivity index (χ0n) is 19.3. The Morgan fingerprint density at radius 3 is 2.53 bits per heavy atom. The maximum absolute atomic E-state index is 12.9. The Morgan fingerprint density at radius 1 is 1.09 bits per heavy atom. The van der Waals surface area contributed by atoms with E-state index in [1.54, 1.807) is 14.2 Å². The number of aromatic nitrogens is 1. The van der Waals surface area contributed by atoms with E-state index in [4.69, 9.17) is 9.47 Å². The van der Waals surface area contributed by atoms with Gasteiger partial charge in [-0.05, 0) is 75.0 Å². The summed E-state index contributed by atoms with van der Waals surface area (Å²) in [5.74, 6) is 2.51. The molecule has 0 radical (unpaired) electrons. The number of benzene rings is 1. The van der Waals surface area contributed by atoms with Crippen molar-refractivity contribution in [3.8, 4) is 11.5 Å². The van der Waals surface area contributed by atoms with E-state index in [-0.39, 0.29) is 17.9 Å². The molecule has 1 aromatic heterocycles. The number of pyridine rings is 1. The number of methoxy groups -OCH3 is 2. The van der Waals surface area contributed by atoms with Gasteiger partial charge in [-0.3, -0.25) is 14.7 Å². The third kappa shape index (κ3) is 5.41. The van der Waals surface area contributed by atoms with Gasteiger partial charge in [-0.25, -0.2) is 0 Å². The summed E-state index contributed by atoms with van der Waals surface area (Å²) in [6, 6.07) is 11.9. The molecule has 1 aliphatic carbocycles. The van der Waals surface area contributed by atoms with Crippen LogP contribution in [0.25, 0.3) is 0 Å². The highest BCUT2D eigenvalue weighted by Gasteiger charge is 2.32. The zero-order chi connectivity index (χ0) is 22.3. The van der Waals surface area contributed by atoms with Crippen LogP contribution in [0, 0.1) is 11.8 Å². The maximum Gasteiger partial charge on any atom is 0.223 e. The number of carbonyl (C=O) groups is 1. The Bertz CT molecular complexity index is 875.